The minimum Gasteiger partial charge on any atom is -0.308 e. The third-order valence-electron chi connectivity index (χ3n) is 2.28. The maximum Gasteiger partial charge on any atom is 0.323 e. The second-order valence-corrected chi connectivity index (χ2v) is 4.56. The summed E-state index contributed by atoms with van der Waals surface area (Å²) < 4.78 is 13.2. The Morgan fingerprint density at radius 2 is 1.53 bits per heavy atom. The van der Waals surface area contributed by atoms with Gasteiger partial charge in [-0.15, -0.1) is 0 Å². The summed E-state index contributed by atoms with van der Waals surface area (Å²) in [4.78, 5) is 11.7. The lowest BCUT2D eigenvalue weighted by molar-refractivity contribution is 0.262. The van der Waals surface area contributed by atoms with Gasteiger partial charge in [0.2, 0.25) is 0 Å². The van der Waals surface area contributed by atoms with Crippen LogP contribution in [0.1, 0.15) is 0 Å². The predicted molar refractivity (Wildman–Crippen MR) is 75.5 cm³/mol. The van der Waals surface area contributed by atoms with Crippen LogP contribution in [-0.2, 0) is 0 Å². The summed E-state index contributed by atoms with van der Waals surface area (Å²) in [5.74, 6) is -0.592. The molecule has 2 aromatic carbocycles. The Bertz CT molecular complexity index is 602. The van der Waals surface area contributed by atoms with Gasteiger partial charge in [0, 0.05) is 16.4 Å². The summed E-state index contributed by atoms with van der Waals surface area (Å²) in [6.07, 6.45) is 0. The number of hydrogen-bond acceptors (Lipinski definition) is 1. The summed E-state index contributed by atoms with van der Waals surface area (Å²) >= 11 is 11.3. The number of halogens is 3. The minimum atomic E-state index is -0.592. The van der Waals surface area contributed by atoms with Gasteiger partial charge in [-0.1, -0.05) is 23.2 Å². The molecule has 6 heteroatoms. The van der Waals surface area contributed by atoms with Crippen molar-refractivity contribution in [1.29, 1.82) is 0 Å². The Labute approximate surface area is 119 Å². The van der Waals surface area contributed by atoms with Gasteiger partial charge in [0.15, 0.2) is 0 Å². The van der Waals surface area contributed by atoms with Crippen molar-refractivity contribution in [1.82, 2.24) is 0 Å². The van der Waals surface area contributed by atoms with E-state index in [2.05, 4.69) is 10.6 Å². The topological polar surface area (TPSA) is 41.1 Å². The Kier molecular flexibility index (Phi) is 4.24. The molecule has 19 heavy (non-hydrogen) atoms. The van der Waals surface area contributed by atoms with Crippen molar-refractivity contribution in [2.75, 3.05) is 10.6 Å². The van der Waals surface area contributed by atoms with E-state index in [1.165, 1.54) is 12.1 Å². The molecule has 0 fully saturated rings. The first-order chi connectivity index (χ1) is 9.04. The fraction of sp³-hybridized carbons (Fsp3) is 0. The quantitative estimate of drug-likeness (QED) is 0.823. The molecule has 2 rings (SSSR count). The number of carbonyl (C=O) groups is 1. The van der Waals surface area contributed by atoms with Gasteiger partial charge in [0.25, 0.3) is 0 Å². The molecule has 2 N–H and O–H groups in total. The van der Waals surface area contributed by atoms with Crippen LogP contribution in [0.25, 0.3) is 0 Å². The second-order valence-electron chi connectivity index (χ2n) is 3.71. The highest BCUT2D eigenvalue weighted by molar-refractivity contribution is 6.31. The van der Waals surface area contributed by atoms with Crippen LogP contribution in [0, 0.1) is 5.82 Å². The summed E-state index contributed by atoms with van der Waals surface area (Å²) in [5, 5.41) is 5.66. The summed E-state index contributed by atoms with van der Waals surface area (Å²) in [6, 6.07) is 10.2. The van der Waals surface area contributed by atoms with Crippen molar-refractivity contribution in [3.8, 4) is 0 Å². The minimum absolute atomic E-state index is 0.00339. The zero-order valence-electron chi connectivity index (χ0n) is 9.58. The average Bonchev–Trinajstić information content (AvgIpc) is 2.37. The van der Waals surface area contributed by atoms with Crippen LogP contribution in [0.15, 0.2) is 42.5 Å². The standard InChI is InChI=1S/C13H9Cl2FN2O/c14-8-1-3-9(4-2-8)17-13(19)18-10-5-6-11(15)12(16)7-10/h1-7H,(H2,17,18,19). The molecular formula is C13H9Cl2FN2O. The Hall–Kier alpha value is -1.78. The molecule has 0 saturated carbocycles. The Balaban J connectivity index is 2.01. The highest BCUT2D eigenvalue weighted by Gasteiger charge is 2.05. The third kappa shape index (κ3) is 3.84. The smallest absolute Gasteiger partial charge is 0.308 e. The normalized spacial score (nSPS) is 10.1. The van der Waals surface area contributed by atoms with E-state index in [4.69, 9.17) is 23.2 Å². The zero-order chi connectivity index (χ0) is 13.8. The first kappa shape index (κ1) is 13.6. The van der Waals surface area contributed by atoms with E-state index in [1.807, 2.05) is 0 Å². The molecule has 2 aromatic rings. The fourth-order valence-electron chi connectivity index (χ4n) is 1.40. The molecule has 0 bridgehead atoms. The van der Waals surface area contributed by atoms with E-state index >= 15 is 0 Å². The van der Waals surface area contributed by atoms with Gasteiger partial charge in [0.1, 0.15) is 5.82 Å². The molecule has 0 unspecified atom stereocenters. The number of nitrogens with one attached hydrogen (secondary N) is 2. The van der Waals surface area contributed by atoms with Crippen molar-refractivity contribution < 1.29 is 9.18 Å². The van der Waals surface area contributed by atoms with Crippen LogP contribution in [0.3, 0.4) is 0 Å². The van der Waals surface area contributed by atoms with Crippen LogP contribution >= 0.6 is 23.2 Å². The summed E-state index contributed by atoms with van der Waals surface area (Å²) in [5.41, 5.74) is 0.893. The lowest BCUT2D eigenvalue weighted by Gasteiger charge is -2.08. The molecule has 0 spiro atoms. The molecule has 0 aromatic heterocycles. The fourth-order valence-corrected chi connectivity index (χ4v) is 1.64. The average molecular weight is 299 g/mol. The number of carbonyl (C=O) groups excluding carboxylic acids is 1. The number of benzene rings is 2. The maximum absolute atomic E-state index is 13.2. The van der Waals surface area contributed by atoms with Crippen molar-refractivity contribution in [3.05, 3.63) is 58.3 Å². The van der Waals surface area contributed by atoms with E-state index in [0.29, 0.717) is 16.4 Å². The van der Waals surface area contributed by atoms with Crippen LogP contribution in [0.5, 0.6) is 0 Å². The molecule has 0 aliphatic carbocycles. The zero-order valence-corrected chi connectivity index (χ0v) is 11.1. The third-order valence-corrected chi connectivity index (χ3v) is 2.84. The molecule has 0 radical (unpaired) electrons. The molecule has 0 heterocycles. The van der Waals surface area contributed by atoms with E-state index in [9.17, 15) is 9.18 Å². The van der Waals surface area contributed by atoms with Crippen LogP contribution in [0.4, 0.5) is 20.6 Å². The Morgan fingerprint density at radius 3 is 2.16 bits per heavy atom. The maximum atomic E-state index is 13.2. The summed E-state index contributed by atoms with van der Waals surface area (Å²) in [6.45, 7) is 0. The highest BCUT2D eigenvalue weighted by atomic mass is 35.5. The number of hydrogen-bond donors (Lipinski definition) is 2. The van der Waals surface area contributed by atoms with Crippen LogP contribution in [0.2, 0.25) is 10.0 Å². The van der Waals surface area contributed by atoms with Crippen molar-refractivity contribution in [2.24, 2.45) is 0 Å². The van der Waals surface area contributed by atoms with Crippen molar-refractivity contribution in [2.45, 2.75) is 0 Å². The summed E-state index contributed by atoms with van der Waals surface area (Å²) in [7, 11) is 0. The van der Waals surface area contributed by atoms with Gasteiger partial charge in [-0.05, 0) is 42.5 Å². The molecule has 0 saturated heterocycles. The number of urea groups is 1. The van der Waals surface area contributed by atoms with Crippen LogP contribution in [-0.4, -0.2) is 6.03 Å². The van der Waals surface area contributed by atoms with E-state index in [-0.39, 0.29) is 5.02 Å². The lowest BCUT2D eigenvalue weighted by atomic mass is 10.3. The van der Waals surface area contributed by atoms with Gasteiger partial charge < -0.3 is 10.6 Å². The number of rotatable bonds is 2. The predicted octanol–water partition coefficient (Wildman–Crippen LogP) is 4.78. The first-order valence-corrected chi connectivity index (χ1v) is 6.09. The largest absolute Gasteiger partial charge is 0.323 e. The molecule has 0 aliphatic heterocycles. The van der Waals surface area contributed by atoms with Gasteiger partial charge in [-0.25, -0.2) is 9.18 Å². The molecule has 0 atom stereocenters. The van der Waals surface area contributed by atoms with Gasteiger partial charge in [0.05, 0.1) is 5.02 Å². The molecular weight excluding hydrogens is 290 g/mol. The monoisotopic (exact) mass is 298 g/mol. The van der Waals surface area contributed by atoms with Gasteiger partial charge >= 0.3 is 6.03 Å². The lowest BCUT2D eigenvalue weighted by Crippen LogP contribution is -2.19. The van der Waals surface area contributed by atoms with E-state index in [0.717, 1.165) is 6.07 Å². The second kappa shape index (κ2) is 5.91. The number of anilines is 2. The van der Waals surface area contributed by atoms with Gasteiger partial charge in [-0.2, -0.15) is 0 Å². The molecule has 3 nitrogen and oxygen atoms in total. The first-order valence-electron chi connectivity index (χ1n) is 5.33. The van der Waals surface area contributed by atoms with Crippen molar-refractivity contribution >= 4 is 40.6 Å². The number of amides is 2. The molecule has 98 valence electrons. The Morgan fingerprint density at radius 1 is 0.947 bits per heavy atom. The van der Waals surface area contributed by atoms with Crippen molar-refractivity contribution in [3.63, 3.8) is 0 Å². The highest BCUT2D eigenvalue weighted by Crippen LogP contribution is 2.19. The van der Waals surface area contributed by atoms with Crippen LogP contribution < -0.4 is 10.6 Å². The van der Waals surface area contributed by atoms with E-state index < -0.39 is 11.8 Å². The van der Waals surface area contributed by atoms with E-state index in [1.54, 1.807) is 24.3 Å². The SMILES string of the molecule is O=C(Nc1ccc(Cl)cc1)Nc1ccc(Cl)c(F)c1. The van der Waals surface area contributed by atoms with Gasteiger partial charge in [-0.3, -0.25) is 0 Å². The molecule has 0 aliphatic rings. The molecule has 2 amide bonds.